The van der Waals surface area contributed by atoms with Gasteiger partial charge in [-0.2, -0.15) is 0 Å². The van der Waals surface area contributed by atoms with Crippen molar-refractivity contribution in [1.82, 2.24) is 0 Å². The molecule has 1 aromatic rings. The van der Waals surface area contributed by atoms with Crippen molar-refractivity contribution in [2.75, 3.05) is 0 Å². The van der Waals surface area contributed by atoms with E-state index in [2.05, 4.69) is 4.99 Å². The highest BCUT2D eigenvalue weighted by molar-refractivity contribution is 6.63. The zero-order valence-corrected chi connectivity index (χ0v) is 12.9. The highest BCUT2D eigenvalue weighted by Gasteiger charge is 2.26. The van der Waals surface area contributed by atoms with E-state index in [1.807, 2.05) is 32.0 Å². The molecule has 0 aliphatic heterocycles. The van der Waals surface area contributed by atoms with Crippen LogP contribution < -0.4 is 5.73 Å². The number of carboxylic acid groups (broad SMARTS) is 1. The molecule has 0 aromatic heterocycles. The summed E-state index contributed by atoms with van der Waals surface area (Å²) in [6.45, 7) is 4.93. The van der Waals surface area contributed by atoms with Gasteiger partial charge in [0.15, 0.2) is 17.5 Å². The maximum Gasteiger partial charge on any atom is 0.357 e. The fraction of sp³-hybridized carbons (Fsp3) is 0.375. The van der Waals surface area contributed by atoms with E-state index in [9.17, 15) is 14.4 Å². The number of primary amides is 1. The Bertz CT molecular complexity index is 597. The number of hydrogen-bond donors (Lipinski definition) is 2. The minimum Gasteiger partial charge on any atom is -0.476 e. The summed E-state index contributed by atoms with van der Waals surface area (Å²) in [6, 6.07) is 4.37. The molecule has 0 bridgehead atoms. The van der Waals surface area contributed by atoms with Crippen molar-refractivity contribution in [3.05, 3.63) is 34.9 Å². The molecule has 1 atom stereocenters. The van der Waals surface area contributed by atoms with Gasteiger partial charge in [0.1, 0.15) is 0 Å². The largest absolute Gasteiger partial charge is 0.476 e. The maximum atomic E-state index is 11.8. The van der Waals surface area contributed by atoms with Crippen LogP contribution in [-0.2, 0) is 27.2 Å². The number of ketones is 1. The predicted octanol–water partition coefficient (Wildman–Crippen LogP) is 1.45. The molecule has 0 spiro atoms. The minimum absolute atomic E-state index is 0.597. The Hall–Kier alpha value is -2.50. The van der Waals surface area contributed by atoms with Crippen LogP contribution in [0.15, 0.2) is 23.2 Å². The van der Waals surface area contributed by atoms with Gasteiger partial charge in [0.05, 0.1) is 0 Å². The number of nitrogens with zero attached hydrogens (tertiary/aromatic N) is 1. The van der Waals surface area contributed by atoms with Gasteiger partial charge >= 0.3 is 5.97 Å². The van der Waals surface area contributed by atoms with Gasteiger partial charge < -0.3 is 10.8 Å². The van der Waals surface area contributed by atoms with E-state index in [1.54, 1.807) is 0 Å². The van der Waals surface area contributed by atoms with Crippen LogP contribution in [0.25, 0.3) is 0 Å². The van der Waals surface area contributed by atoms with E-state index < -0.39 is 29.4 Å². The smallest absolute Gasteiger partial charge is 0.357 e. The van der Waals surface area contributed by atoms with E-state index in [1.165, 1.54) is 0 Å². The normalized spacial score (nSPS) is 12.8. The van der Waals surface area contributed by atoms with Crippen LogP contribution in [0, 0.1) is 0 Å². The molecule has 6 heteroatoms. The number of carbonyl (C=O) groups is 3. The molecule has 22 heavy (non-hydrogen) atoms. The molecular weight excluding hydrogens is 284 g/mol. The summed E-state index contributed by atoms with van der Waals surface area (Å²) in [5.74, 6) is -2.97. The van der Waals surface area contributed by atoms with Crippen molar-refractivity contribution in [1.29, 1.82) is 0 Å². The van der Waals surface area contributed by atoms with Gasteiger partial charge in [-0.25, -0.2) is 4.79 Å². The highest BCUT2D eigenvalue weighted by Crippen LogP contribution is 2.27. The van der Waals surface area contributed by atoms with Crippen LogP contribution in [0.4, 0.5) is 0 Å². The van der Waals surface area contributed by atoms with Crippen molar-refractivity contribution in [3.8, 4) is 0 Å². The molecule has 118 valence electrons. The van der Waals surface area contributed by atoms with Crippen LogP contribution in [0.1, 0.15) is 43.5 Å². The Morgan fingerprint density at radius 1 is 1.18 bits per heavy atom. The van der Waals surface area contributed by atoms with E-state index in [0.717, 1.165) is 18.1 Å². The molecule has 1 aromatic carbocycles. The number of aliphatic imine (C=N–C) groups is 1. The molecule has 0 aliphatic rings. The first-order valence-corrected chi connectivity index (χ1v) is 7.05. The Kier molecular flexibility index (Phi) is 5.98. The number of hydrogen-bond acceptors (Lipinski definition) is 4. The summed E-state index contributed by atoms with van der Waals surface area (Å²) in [4.78, 5) is 38.2. The first-order valence-electron chi connectivity index (χ1n) is 7.05. The Morgan fingerprint density at radius 2 is 1.68 bits per heavy atom. The number of aliphatic carboxylic acids is 1. The molecule has 1 unspecified atom stereocenters. The second-order valence-electron chi connectivity index (χ2n) is 4.84. The zero-order chi connectivity index (χ0) is 16.9. The van der Waals surface area contributed by atoms with Gasteiger partial charge in [-0.05, 0) is 29.5 Å². The van der Waals surface area contributed by atoms with Crippen molar-refractivity contribution in [2.24, 2.45) is 10.7 Å². The number of nitrogens with two attached hydrogens (primary N) is 1. The third kappa shape index (κ3) is 3.78. The molecule has 0 radical (unpaired) electrons. The fourth-order valence-electron chi connectivity index (χ4n) is 2.33. The monoisotopic (exact) mass is 304 g/mol. The summed E-state index contributed by atoms with van der Waals surface area (Å²) in [7, 11) is 0. The molecular formula is C16H20N2O4. The molecule has 6 nitrogen and oxygen atoms in total. The van der Waals surface area contributed by atoms with Crippen molar-refractivity contribution < 1.29 is 19.5 Å². The van der Waals surface area contributed by atoms with Crippen LogP contribution in [0.3, 0.4) is 0 Å². The lowest BCUT2D eigenvalue weighted by atomic mass is 9.91. The minimum atomic E-state index is -1.47. The average molecular weight is 304 g/mol. The number of carbonyl (C=O) groups excluding carboxylic acids is 2. The lowest BCUT2D eigenvalue weighted by molar-refractivity contribution is -0.130. The first kappa shape index (κ1) is 17.6. The molecule has 0 fully saturated rings. The third-order valence-corrected chi connectivity index (χ3v) is 3.39. The van der Waals surface area contributed by atoms with E-state index in [-0.39, 0.29) is 0 Å². The van der Waals surface area contributed by atoms with E-state index in [0.29, 0.717) is 18.4 Å². The van der Waals surface area contributed by atoms with Crippen LogP contribution in [0.2, 0.25) is 0 Å². The summed E-state index contributed by atoms with van der Waals surface area (Å²) in [5.41, 5.74) is 7.06. The zero-order valence-electron chi connectivity index (χ0n) is 12.9. The van der Waals surface area contributed by atoms with Gasteiger partial charge in [0, 0.05) is 6.92 Å². The molecule has 0 heterocycles. The standard InChI is InChI=1S/C16H20N2O4/c1-4-10-7-6-8-11(5-2)12(10)14(15(17)20)18-13(9(3)19)16(21)22/h6-8,14H,4-5H2,1-3H3,(H2,17,20)(H,21,22). The van der Waals surface area contributed by atoms with Crippen molar-refractivity contribution in [3.63, 3.8) is 0 Å². The molecule has 0 saturated carbocycles. The third-order valence-electron chi connectivity index (χ3n) is 3.39. The highest BCUT2D eigenvalue weighted by atomic mass is 16.4. The van der Waals surface area contributed by atoms with Gasteiger partial charge in [-0.1, -0.05) is 32.0 Å². The number of amides is 1. The van der Waals surface area contributed by atoms with Gasteiger partial charge in [0.2, 0.25) is 5.91 Å². The SMILES string of the molecule is CCc1cccc(CC)c1C(N=C(C(C)=O)C(=O)O)C(N)=O. The Labute approximate surface area is 129 Å². The second kappa shape index (κ2) is 7.49. The maximum absolute atomic E-state index is 11.8. The number of aryl methyl sites for hydroxylation is 2. The number of rotatable bonds is 7. The summed E-state index contributed by atoms with van der Waals surface area (Å²) < 4.78 is 0. The van der Waals surface area contributed by atoms with Gasteiger partial charge in [-0.15, -0.1) is 0 Å². The second-order valence-corrected chi connectivity index (χ2v) is 4.84. The first-order chi connectivity index (χ1) is 10.3. The Morgan fingerprint density at radius 3 is 2.00 bits per heavy atom. The Balaban J connectivity index is 3.58. The van der Waals surface area contributed by atoms with E-state index in [4.69, 9.17) is 10.8 Å². The molecule has 0 saturated heterocycles. The molecule has 1 rings (SSSR count). The molecule has 3 N–H and O–H groups in total. The van der Waals surface area contributed by atoms with Crippen molar-refractivity contribution >= 4 is 23.4 Å². The summed E-state index contributed by atoms with van der Waals surface area (Å²) in [6.07, 6.45) is 1.29. The molecule has 1 amide bonds. The van der Waals surface area contributed by atoms with Crippen LogP contribution in [0.5, 0.6) is 0 Å². The summed E-state index contributed by atoms with van der Waals surface area (Å²) >= 11 is 0. The lowest BCUT2D eigenvalue weighted by Crippen LogP contribution is -2.28. The topological polar surface area (TPSA) is 110 Å². The fourth-order valence-corrected chi connectivity index (χ4v) is 2.33. The predicted molar refractivity (Wildman–Crippen MR) is 82.9 cm³/mol. The van der Waals surface area contributed by atoms with Crippen molar-refractivity contribution in [2.45, 2.75) is 39.7 Å². The van der Waals surface area contributed by atoms with Gasteiger partial charge in [0.25, 0.3) is 0 Å². The quantitative estimate of drug-likeness (QED) is 0.586. The van der Waals surface area contributed by atoms with Crippen LogP contribution in [-0.4, -0.2) is 28.5 Å². The van der Waals surface area contributed by atoms with E-state index >= 15 is 0 Å². The number of carboxylic acids is 1. The molecule has 0 aliphatic carbocycles. The van der Waals surface area contributed by atoms with Gasteiger partial charge in [-0.3, -0.25) is 14.6 Å². The summed E-state index contributed by atoms with van der Waals surface area (Å²) in [5, 5.41) is 9.07. The van der Waals surface area contributed by atoms with Crippen LogP contribution >= 0.6 is 0 Å². The average Bonchev–Trinajstić information content (AvgIpc) is 2.46. The number of benzene rings is 1. The number of Topliss-reactive ketones (excluding diaryl/α,β-unsaturated/α-hetero) is 1. The lowest BCUT2D eigenvalue weighted by Gasteiger charge is -2.18.